The molecule has 0 spiro atoms. The zero-order chi connectivity index (χ0) is 43.1. The fourth-order valence-corrected chi connectivity index (χ4v) is 7.51. The summed E-state index contributed by atoms with van der Waals surface area (Å²) in [5.41, 5.74) is 0. The van der Waals surface area contributed by atoms with Gasteiger partial charge in [-0.3, -0.25) is 9.59 Å². The van der Waals surface area contributed by atoms with Gasteiger partial charge in [-0.2, -0.15) is 0 Å². The smallest absolute Gasteiger partial charge is 0.306 e. The quantitative estimate of drug-likeness (QED) is 0.0323. The largest absolute Gasteiger partial charge is 0.462 e. The highest BCUT2D eigenvalue weighted by Gasteiger charge is 2.24. The van der Waals surface area contributed by atoms with E-state index < -0.39 is 18.2 Å². The summed E-state index contributed by atoms with van der Waals surface area (Å²) in [6.45, 7) is 6.43. The van der Waals surface area contributed by atoms with E-state index in [1.54, 1.807) is 0 Å². The first-order chi connectivity index (χ1) is 29.0. The monoisotopic (exact) mass is 828 g/mol. The molecule has 0 saturated heterocycles. The zero-order valence-corrected chi connectivity index (χ0v) is 39.1. The summed E-state index contributed by atoms with van der Waals surface area (Å²) < 4.78 is 5.88. The van der Waals surface area contributed by atoms with Crippen LogP contribution in [0.3, 0.4) is 0 Å². The topological polar surface area (TPSA) is 95.9 Å². The second-order valence-corrected chi connectivity index (χ2v) is 17.2. The molecule has 0 bridgehead atoms. The minimum Gasteiger partial charge on any atom is -0.462 e. The molecule has 344 valence electrons. The van der Waals surface area contributed by atoms with Crippen molar-refractivity contribution in [2.75, 3.05) is 6.61 Å². The number of allylic oxidation sites excluding steroid dienone is 8. The standard InChI is InChI=1S/C53H97NO5/c1-4-7-10-13-16-19-22-25-26-28-29-32-35-38-41-44-49(59-53(58)46-43-40-37-34-31-27-23-20-17-14-11-8-5-2)47-52(57)54-50(48-55)51(56)45-42-39-36-33-30-24-21-18-15-12-9-6-3/h16,19,25-27,31,37,40,49-51,55-56H,4-15,17-18,20-24,28-30,32-36,38-39,41-48H2,1-3H3,(H,54,57)/b19-16-,26-25-,31-27-,40-37+. The molecule has 0 aromatic heterocycles. The van der Waals surface area contributed by atoms with Crippen LogP contribution in [0.25, 0.3) is 0 Å². The van der Waals surface area contributed by atoms with Crippen LogP contribution in [0.1, 0.15) is 252 Å². The molecule has 3 N–H and O–H groups in total. The van der Waals surface area contributed by atoms with E-state index in [1.807, 2.05) is 6.08 Å². The van der Waals surface area contributed by atoms with Gasteiger partial charge in [-0.15, -0.1) is 0 Å². The number of aliphatic hydroxyl groups is 2. The van der Waals surface area contributed by atoms with Crippen molar-refractivity contribution in [1.82, 2.24) is 5.32 Å². The Labute approximate surface area is 366 Å². The fourth-order valence-electron chi connectivity index (χ4n) is 7.51. The second-order valence-electron chi connectivity index (χ2n) is 17.2. The lowest BCUT2D eigenvalue weighted by molar-refractivity contribution is -0.150. The van der Waals surface area contributed by atoms with Gasteiger partial charge in [0.25, 0.3) is 0 Å². The Bertz CT molecular complexity index is 1020. The van der Waals surface area contributed by atoms with E-state index in [-0.39, 0.29) is 31.3 Å². The number of ether oxygens (including phenoxy) is 1. The number of carbonyl (C=O) groups excluding carboxylic acids is 2. The highest BCUT2D eigenvalue weighted by atomic mass is 16.5. The number of nitrogens with one attached hydrogen (secondary N) is 1. The summed E-state index contributed by atoms with van der Waals surface area (Å²) in [6.07, 6.45) is 56.0. The first-order valence-corrected chi connectivity index (χ1v) is 25.4. The molecule has 0 aromatic rings. The molecule has 0 radical (unpaired) electrons. The van der Waals surface area contributed by atoms with Crippen molar-refractivity contribution >= 4 is 11.9 Å². The fraction of sp³-hybridized carbons (Fsp3) is 0.811. The normalized spacial score (nSPS) is 13.6. The molecule has 3 unspecified atom stereocenters. The molecular formula is C53H97NO5. The van der Waals surface area contributed by atoms with Crippen molar-refractivity contribution in [1.29, 1.82) is 0 Å². The highest BCUT2D eigenvalue weighted by molar-refractivity contribution is 5.77. The molecule has 3 atom stereocenters. The first kappa shape index (κ1) is 56.8. The number of esters is 1. The predicted octanol–water partition coefficient (Wildman–Crippen LogP) is 15.1. The van der Waals surface area contributed by atoms with Crippen LogP contribution in [-0.2, 0) is 14.3 Å². The van der Waals surface area contributed by atoms with Gasteiger partial charge in [0, 0.05) is 6.42 Å². The Kier molecular flexibility index (Phi) is 45.1. The van der Waals surface area contributed by atoms with Crippen LogP contribution in [0.5, 0.6) is 0 Å². The van der Waals surface area contributed by atoms with Crippen LogP contribution >= 0.6 is 0 Å². The molecule has 0 rings (SSSR count). The molecule has 0 heterocycles. The maximum atomic E-state index is 13.2. The highest BCUT2D eigenvalue weighted by Crippen LogP contribution is 2.17. The summed E-state index contributed by atoms with van der Waals surface area (Å²) in [7, 11) is 0. The Morgan fingerprint density at radius 2 is 0.864 bits per heavy atom. The van der Waals surface area contributed by atoms with Gasteiger partial charge >= 0.3 is 5.97 Å². The first-order valence-electron chi connectivity index (χ1n) is 25.4. The predicted molar refractivity (Wildman–Crippen MR) is 255 cm³/mol. The Morgan fingerprint density at radius 1 is 0.492 bits per heavy atom. The lowest BCUT2D eigenvalue weighted by atomic mass is 10.0. The lowest BCUT2D eigenvalue weighted by Crippen LogP contribution is -2.46. The minimum absolute atomic E-state index is 0.0463. The van der Waals surface area contributed by atoms with Gasteiger partial charge in [0.2, 0.25) is 5.91 Å². The Hall–Kier alpha value is -2.18. The summed E-state index contributed by atoms with van der Waals surface area (Å²) in [4.78, 5) is 26.1. The summed E-state index contributed by atoms with van der Waals surface area (Å²) >= 11 is 0. The number of aliphatic hydroxyl groups excluding tert-OH is 2. The van der Waals surface area contributed by atoms with Crippen LogP contribution in [-0.4, -0.2) is 46.9 Å². The van der Waals surface area contributed by atoms with E-state index in [1.165, 1.54) is 128 Å². The van der Waals surface area contributed by atoms with Crippen molar-refractivity contribution in [2.24, 2.45) is 0 Å². The second kappa shape index (κ2) is 46.9. The van der Waals surface area contributed by atoms with E-state index >= 15 is 0 Å². The van der Waals surface area contributed by atoms with Crippen LogP contribution in [0.2, 0.25) is 0 Å². The number of hydrogen-bond acceptors (Lipinski definition) is 5. The number of carbonyl (C=O) groups is 2. The summed E-state index contributed by atoms with van der Waals surface area (Å²) in [6, 6.07) is -0.715. The van der Waals surface area contributed by atoms with Gasteiger partial charge in [-0.1, -0.05) is 211 Å². The Morgan fingerprint density at radius 3 is 1.32 bits per heavy atom. The molecule has 0 aliphatic rings. The molecule has 0 aromatic carbocycles. The van der Waals surface area contributed by atoms with E-state index in [4.69, 9.17) is 4.74 Å². The van der Waals surface area contributed by atoms with Crippen molar-refractivity contribution in [3.8, 4) is 0 Å². The molecule has 6 heteroatoms. The molecule has 0 saturated carbocycles. The lowest BCUT2D eigenvalue weighted by Gasteiger charge is -2.24. The average Bonchev–Trinajstić information content (AvgIpc) is 3.23. The number of amides is 1. The molecule has 0 aliphatic carbocycles. The molecule has 0 fully saturated rings. The van der Waals surface area contributed by atoms with Crippen molar-refractivity contribution in [2.45, 2.75) is 270 Å². The van der Waals surface area contributed by atoms with Crippen LogP contribution < -0.4 is 5.32 Å². The maximum Gasteiger partial charge on any atom is 0.306 e. The van der Waals surface area contributed by atoms with Gasteiger partial charge in [0.15, 0.2) is 0 Å². The molecule has 0 aliphatic heterocycles. The van der Waals surface area contributed by atoms with Crippen LogP contribution in [0.15, 0.2) is 48.6 Å². The maximum absolute atomic E-state index is 13.2. The third-order valence-electron chi connectivity index (χ3n) is 11.4. The van der Waals surface area contributed by atoms with Crippen molar-refractivity contribution in [3.63, 3.8) is 0 Å². The van der Waals surface area contributed by atoms with Crippen LogP contribution in [0, 0.1) is 0 Å². The van der Waals surface area contributed by atoms with Gasteiger partial charge in [0.1, 0.15) is 6.10 Å². The van der Waals surface area contributed by atoms with Gasteiger partial charge in [-0.05, 0) is 77.0 Å². The van der Waals surface area contributed by atoms with Crippen molar-refractivity contribution in [3.05, 3.63) is 48.6 Å². The number of rotatable bonds is 45. The minimum atomic E-state index is -0.799. The van der Waals surface area contributed by atoms with Gasteiger partial charge < -0.3 is 20.3 Å². The van der Waals surface area contributed by atoms with Crippen LogP contribution in [0.4, 0.5) is 0 Å². The third-order valence-corrected chi connectivity index (χ3v) is 11.4. The van der Waals surface area contributed by atoms with Gasteiger partial charge in [-0.25, -0.2) is 0 Å². The summed E-state index contributed by atoms with van der Waals surface area (Å²) in [5.74, 6) is -0.565. The molecule has 1 amide bonds. The average molecular weight is 828 g/mol. The van der Waals surface area contributed by atoms with Gasteiger partial charge in [0.05, 0.1) is 25.2 Å². The third kappa shape index (κ3) is 42.3. The van der Waals surface area contributed by atoms with E-state index in [0.717, 1.165) is 70.6 Å². The molecular weight excluding hydrogens is 731 g/mol. The van der Waals surface area contributed by atoms with Crippen molar-refractivity contribution < 1.29 is 24.5 Å². The zero-order valence-electron chi connectivity index (χ0n) is 39.1. The van der Waals surface area contributed by atoms with E-state index in [2.05, 4.69) is 68.6 Å². The molecule has 59 heavy (non-hydrogen) atoms. The SMILES string of the molecule is CCCCC/C=C\C/C=C\CCCCCCCC(CC(=O)NC(CO)C(O)CCCCCCCCCCCCCC)OC(=O)CC/C=C/C/C=C\CCCCCCCC. The van der Waals surface area contributed by atoms with E-state index in [9.17, 15) is 19.8 Å². The van der Waals surface area contributed by atoms with E-state index in [0.29, 0.717) is 19.3 Å². The number of hydrogen-bond donors (Lipinski definition) is 3. The molecule has 6 nitrogen and oxygen atoms in total. The summed E-state index contributed by atoms with van der Waals surface area (Å²) in [5, 5.41) is 23.7. The Balaban J connectivity index is 4.68. The number of unbranched alkanes of at least 4 members (excludes halogenated alkanes) is 25.